The topological polar surface area (TPSA) is 483 Å². The average Bonchev–Trinajstić information content (AvgIpc) is 1.06. The Morgan fingerprint density at radius 3 is 1.69 bits per heavy atom. The highest BCUT2D eigenvalue weighted by atomic mass is 32.2. The van der Waals surface area contributed by atoms with Gasteiger partial charge in [-0.2, -0.15) is 11.8 Å². The smallest absolute Gasteiger partial charge is 0.246 e. The molecule has 1 aromatic rings. The van der Waals surface area contributed by atoms with Crippen LogP contribution in [-0.4, -0.2) is 338 Å². The third-order valence-corrected chi connectivity index (χ3v) is 19.0. The van der Waals surface area contributed by atoms with Crippen molar-refractivity contribution in [2.24, 2.45) is 11.8 Å². The van der Waals surface area contributed by atoms with E-state index in [9.17, 15) is 74.4 Å². The Bertz CT molecular complexity index is 2620. The number of aromatic nitrogens is 3. The van der Waals surface area contributed by atoms with E-state index in [-0.39, 0.29) is 137 Å². The number of unbranched alkanes of at least 4 members (excludes halogenated alkanes) is 4. The molecule has 1 unspecified atom stereocenters. The number of ether oxygens (including phenoxy) is 13. The van der Waals surface area contributed by atoms with Gasteiger partial charge in [0.15, 0.2) is 18.9 Å². The fourth-order valence-corrected chi connectivity index (χ4v) is 12.7. The van der Waals surface area contributed by atoms with E-state index < -0.39 is 112 Å². The number of ketones is 1. The van der Waals surface area contributed by atoms with E-state index >= 15 is 0 Å². The number of imide groups is 1. The molecule has 0 aromatic carbocycles. The van der Waals surface area contributed by atoms with Gasteiger partial charge in [-0.15, -0.1) is 5.10 Å². The second-order valence-electron chi connectivity index (χ2n) is 25.6. The minimum absolute atomic E-state index is 0.0110. The first-order valence-corrected chi connectivity index (χ1v) is 36.6. The highest BCUT2D eigenvalue weighted by Crippen LogP contribution is 2.34. The second-order valence-corrected chi connectivity index (χ2v) is 26.6. The van der Waals surface area contributed by atoms with Crippen LogP contribution in [-0.2, 0) is 108 Å². The molecule has 0 bridgehead atoms. The van der Waals surface area contributed by atoms with Gasteiger partial charge < -0.3 is 124 Å². The summed E-state index contributed by atoms with van der Waals surface area (Å²) in [5, 5.41) is 105. The van der Waals surface area contributed by atoms with Crippen LogP contribution < -0.4 is 21.3 Å². The number of thioether (sulfide) groups is 1. The molecule has 1 saturated carbocycles. The molecule has 16 atom stereocenters. The fourth-order valence-electron chi connectivity index (χ4n) is 12.1. The Hall–Kier alpha value is -4.66. The summed E-state index contributed by atoms with van der Waals surface area (Å²) in [7, 11) is 2.73. The van der Waals surface area contributed by atoms with Crippen LogP contribution in [0, 0.1) is 11.8 Å². The number of nitrogens with one attached hydrogen (secondary N) is 4. The number of methoxy groups -OCH3 is 1. The first-order chi connectivity index (χ1) is 49.3. The third-order valence-electron chi connectivity index (χ3n) is 18.0. The lowest BCUT2D eigenvalue weighted by molar-refractivity contribution is -0.345. The molecule has 5 fully saturated rings. The van der Waals surface area contributed by atoms with Crippen LogP contribution in [0.1, 0.15) is 102 Å². The molecule has 36 nitrogen and oxygen atoms in total. The molecule has 1 aliphatic carbocycles. The van der Waals surface area contributed by atoms with Crippen molar-refractivity contribution >= 4 is 53.0 Å². The summed E-state index contributed by atoms with van der Waals surface area (Å²) in [4.78, 5) is 87.3. The van der Waals surface area contributed by atoms with Gasteiger partial charge in [-0.3, -0.25) is 38.5 Å². The van der Waals surface area contributed by atoms with Crippen LogP contribution in [0.2, 0.25) is 0 Å². The quantitative estimate of drug-likeness (QED) is 0.0218. The van der Waals surface area contributed by atoms with E-state index in [0.717, 1.165) is 25.7 Å². The van der Waals surface area contributed by atoms with E-state index in [1.165, 1.54) is 30.8 Å². The molecule has 37 heteroatoms. The minimum Gasteiger partial charge on any atom is -0.394 e. The fraction of sp³-hybridized carbons (Fsp3) is 0.862. The second kappa shape index (κ2) is 47.8. The highest BCUT2D eigenvalue weighted by Gasteiger charge is 2.51. The maximum absolute atomic E-state index is 12.9. The molecular formula is C65H110N8O28S. The van der Waals surface area contributed by atoms with E-state index in [2.05, 4.69) is 31.6 Å². The largest absolute Gasteiger partial charge is 0.394 e. The predicted molar refractivity (Wildman–Crippen MR) is 355 cm³/mol. The van der Waals surface area contributed by atoms with Crippen molar-refractivity contribution in [2.75, 3.05) is 139 Å². The normalized spacial score (nSPS) is 29.1. The molecule has 6 rings (SSSR count). The minimum atomic E-state index is -1.78. The average molecular weight is 1480 g/mol. The van der Waals surface area contributed by atoms with Crippen LogP contribution in [0.15, 0.2) is 6.20 Å². The number of amides is 6. The number of Topliss-reactive ketones (excluding diaryl/α,β-unsaturated/α-hetero) is 1. The summed E-state index contributed by atoms with van der Waals surface area (Å²) >= 11 is 1.41. The van der Waals surface area contributed by atoms with Gasteiger partial charge in [0, 0.05) is 85.2 Å². The number of hydrogen-bond acceptors (Lipinski definition) is 31. The first-order valence-electron chi connectivity index (χ1n) is 35.3. The number of likely N-dealkylation sites (tertiary alicyclic amines) is 1. The molecule has 12 N–H and O–H groups in total. The number of aliphatic hydroxyl groups is 8. The summed E-state index contributed by atoms with van der Waals surface area (Å²) in [5.41, 5.74) is 0.539. The molecule has 102 heavy (non-hydrogen) atoms. The molecule has 6 amide bonds. The van der Waals surface area contributed by atoms with Crippen molar-refractivity contribution in [2.45, 2.75) is 207 Å². The lowest BCUT2D eigenvalue weighted by Gasteiger charge is -2.45. The van der Waals surface area contributed by atoms with Gasteiger partial charge in [0.25, 0.3) is 0 Å². The highest BCUT2D eigenvalue weighted by molar-refractivity contribution is 8.00. The van der Waals surface area contributed by atoms with E-state index in [4.69, 9.17) is 61.6 Å². The standard InChI is InChI=1S/C65H110N8O28S/c1-66-50(78)38-94-39-51(79)68-19-25-92-29-30-93-26-20-72-34-42(70-71-72)32-69-49(77)13-7-5-9-22-95-60-45(100-63(89-2)58(86)55(60)83)36-98-65-59(87)56(84)61(46(101-65)37-97-64-57(85)54(82)53(81)44(35-74)99-64)96-23-8-4-6-12-48(76)67-18-24-91-28-27-90-21-10-11-43(75)41-16-14-40(15-17-41)33-73-52(80)31-47(102-3)62(73)88/h34,40-41,44-47,53-61,63-65,74,81-87H,4-33,35-39H2,1-3H3,(H,66,78)(H,67,76)(H,68,79)(H,69,77)/t40?,41?,44-,45-,46-,47?,53-,54+,55-,56-,57-,58-,59-,60-,61-,63+,64+,65+/m1/s1. The van der Waals surface area contributed by atoms with E-state index in [0.29, 0.717) is 110 Å². The summed E-state index contributed by atoms with van der Waals surface area (Å²) in [6, 6.07) is 0. The number of carbonyl (C=O) groups is 7. The van der Waals surface area contributed by atoms with Gasteiger partial charge in [-0.1, -0.05) is 18.1 Å². The summed E-state index contributed by atoms with van der Waals surface area (Å²) in [5.74, 6) is -0.885. The molecule has 5 aliphatic rings. The zero-order chi connectivity index (χ0) is 73.8. The van der Waals surface area contributed by atoms with Crippen LogP contribution >= 0.6 is 11.8 Å². The summed E-state index contributed by atoms with van der Waals surface area (Å²) < 4.78 is 75.6. The van der Waals surface area contributed by atoms with Gasteiger partial charge in [-0.05, 0) is 70.0 Å². The molecule has 0 radical (unpaired) electrons. The Balaban J connectivity index is 0.838. The van der Waals surface area contributed by atoms with Crippen LogP contribution in [0.4, 0.5) is 0 Å². The summed E-state index contributed by atoms with van der Waals surface area (Å²) in [6.07, 6.45) is -11.4. The van der Waals surface area contributed by atoms with Crippen LogP contribution in [0.3, 0.4) is 0 Å². The van der Waals surface area contributed by atoms with Crippen molar-refractivity contribution in [3.63, 3.8) is 0 Å². The zero-order valence-corrected chi connectivity index (χ0v) is 59.5. The van der Waals surface area contributed by atoms with Crippen molar-refractivity contribution in [3.05, 3.63) is 11.9 Å². The maximum atomic E-state index is 12.9. The van der Waals surface area contributed by atoms with Crippen molar-refractivity contribution in [3.8, 4) is 0 Å². The molecule has 4 saturated heterocycles. The lowest BCUT2D eigenvalue weighted by atomic mass is 9.79. The number of carbonyl (C=O) groups excluding carboxylic acids is 7. The van der Waals surface area contributed by atoms with Gasteiger partial charge in [0.2, 0.25) is 35.4 Å². The van der Waals surface area contributed by atoms with Crippen molar-refractivity contribution < 1.29 is 136 Å². The molecule has 0 spiro atoms. The van der Waals surface area contributed by atoms with Crippen LogP contribution in [0.25, 0.3) is 0 Å². The summed E-state index contributed by atoms with van der Waals surface area (Å²) in [6.45, 7) is 1.96. The van der Waals surface area contributed by atoms with Crippen molar-refractivity contribution in [1.29, 1.82) is 0 Å². The Labute approximate surface area is 597 Å². The monoisotopic (exact) mass is 1480 g/mol. The molecule has 584 valence electrons. The molecule has 5 heterocycles. The molecule has 4 aliphatic heterocycles. The van der Waals surface area contributed by atoms with Gasteiger partial charge in [0.05, 0.1) is 90.6 Å². The van der Waals surface area contributed by atoms with Crippen molar-refractivity contribution in [1.82, 2.24) is 41.2 Å². The van der Waals surface area contributed by atoms with E-state index in [1.807, 2.05) is 6.26 Å². The molecule has 1 aromatic heterocycles. The maximum Gasteiger partial charge on any atom is 0.246 e. The zero-order valence-electron chi connectivity index (χ0n) is 58.7. The Morgan fingerprint density at radius 1 is 0.569 bits per heavy atom. The van der Waals surface area contributed by atoms with Gasteiger partial charge in [0.1, 0.15) is 97.9 Å². The third kappa shape index (κ3) is 29.2. The number of likely N-dealkylation sites (N-methyl/N-ethyl adjacent to an activating group) is 1. The van der Waals surface area contributed by atoms with Gasteiger partial charge in [-0.25, -0.2) is 4.68 Å². The number of rotatable bonds is 51. The Kier molecular flexibility index (Phi) is 40.4. The SMILES string of the molecule is CNC(=O)COCC(=O)NCCOCCOCCn1cc(CNC(=O)CCCCCO[C@H]2[C@H](O)[C@@H](O)[C@@H](OC)O[C@@H]2CO[C@H]2O[C@H](CO[C@H]3O[C@H](CO)[C@@H](O)[C@H](O)[C@H]3O)[C@@H](OCCCCCC(=O)NCCOCCOCCCC(=O)C3CCC(CN4C(=O)CC(SC)C4=O)CC3)[C@H](O)[C@H]2O)nn1. The lowest BCUT2D eigenvalue weighted by Crippen LogP contribution is -2.63. The van der Waals surface area contributed by atoms with E-state index in [1.54, 1.807) is 10.9 Å². The number of aliphatic hydroxyl groups excluding tert-OH is 8. The Morgan fingerprint density at radius 2 is 1.11 bits per heavy atom. The first kappa shape index (κ1) is 86.3. The molecular weight excluding hydrogens is 1370 g/mol. The number of hydrogen-bond donors (Lipinski definition) is 12. The number of nitrogens with zero attached hydrogens (tertiary/aromatic N) is 4. The van der Waals surface area contributed by atoms with Crippen LogP contribution in [0.5, 0.6) is 0 Å². The van der Waals surface area contributed by atoms with Gasteiger partial charge >= 0.3 is 0 Å². The predicted octanol–water partition coefficient (Wildman–Crippen LogP) is -4.13.